The van der Waals surface area contributed by atoms with Crippen LogP contribution in [0.4, 0.5) is 35.1 Å². The van der Waals surface area contributed by atoms with Crippen LogP contribution in [0.2, 0.25) is 5.02 Å². The van der Waals surface area contributed by atoms with Crippen LogP contribution in [0, 0.1) is 0 Å². The molecule has 0 radical (unpaired) electrons. The average molecular weight is 339 g/mol. The van der Waals surface area contributed by atoms with E-state index < -0.39 is 30.3 Å². The molecule has 0 heterocycles. The summed E-state index contributed by atoms with van der Waals surface area (Å²) in [6.45, 7) is 0. The standard InChI is InChI=1S/C12H7ClF8/c13-8-3-1-2-7(6-8)4-5-9(14)10(15,16)11(17,18)12(19,20)21/h1-3,5-6H,4H2/b9-5-. The van der Waals surface area contributed by atoms with Gasteiger partial charge in [0.15, 0.2) is 5.83 Å². The minimum absolute atomic E-state index is 0.0364. The van der Waals surface area contributed by atoms with Gasteiger partial charge in [0.05, 0.1) is 0 Å². The lowest BCUT2D eigenvalue weighted by Gasteiger charge is -2.26. The van der Waals surface area contributed by atoms with Crippen LogP contribution in [0.3, 0.4) is 0 Å². The topological polar surface area (TPSA) is 0 Å². The second-order valence-electron chi connectivity index (χ2n) is 4.03. The minimum atomic E-state index is -6.57. The van der Waals surface area contributed by atoms with E-state index in [-0.39, 0.29) is 16.7 Å². The van der Waals surface area contributed by atoms with Crippen LogP contribution in [0.15, 0.2) is 36.2 Å². The highest BCUT2D eigenvalue weighted by molar-refractivity contribution is 6.30. The number of allylic oxidation sites excluding steroid dienone is 2. The third-order valence-corrected chi connectivity index (χ3v) is 2.69. The molecular formula is C12H7ClF8. The van der Waals surface area contributed by atoms with Gasteiger partial charge in [0.1, 0.15) is 0 Å². The summed E-state index contributed by atoms with van der Waals surface area (Å²) in [5, 5.41) is 0.175. The van der Waals surface area contributed by atoms with Crippen LogP contribution >= 0.6 is 11.6 Å². The Hall–Kier alpha value is -1.31. The van der Waals surface area contributed by atoms with Crippen molar-refractivity contribution in [2.75, 3.05) is 0 Å². The molecule has 0 fully saturated rings. The fourth-order valence-electron chi connectivity index (χ4n) is 1.33. The lowest BCUT2D eigenvalue weighted by Crippen LogP contribution is -2.52. The normalized spacial score (nSPS) is 14.4. The molecule has 0 atom stereocenters. The molecule has 9 heteroatoms. The Morgan fingerprint density at radius 3 is 2.10 bits per heavy atom. The average Bonchev–Trinajstić information content (AvgIpc) is 2.34. The molecule has 21 heavy (non-hydrogen) atoms. The van der Waals surface area contributed by atoms with Gasteiger partial charge in [-0.15, -0.1) is 0 Å². The first-order chi connectivity index (χ1) is 9.39. The molecule has 0 aromatic heterocycles. The maximum atomic E-state index is 13.1. The molecule has 0 aliphatic rings. The van der Waals surface area contributed by atoms with Gasteiger partial charge in [-0.1, -0.05) is 23.7 Å². The maximum Gasteiger partial charge on any atom is 0.460 e. The third kappa shape index (κ3) is 3.66. The Balaban J connectivity index is 3.00. The van der Waals surface area contributed by atoms with E-state index in [9.17, 15) is 35.1 Å². The first kappa shape index (κ1) is 17.7. The number of benzene rings is 1. The van der Waals surface area contributed by atoms with Crippen molar-refractivity contribution in [1.82, 2.24) is 0 Å². The first-order valence-corrected chi connectivity index (χ1v) is 5.70. The van der Waals surface area contributed by atoms with Gasteiger partial charge in [-0.05, 0) is 30.2 Å². The van der Waals surface area contributed by atoms with Crippen molar-refractivity contribution >= 4 is 11.6 Å². The van der Waals surface area contributed by atoms with Gasteiger partial charge < -0.3 is 0 Å². The summed E-state index contributed by atoms with van der Waals surface area (Å²) in [6, 6.07) is 5.34. The second kappa shape index (κ2) is 5.82. The van der Waals surface area contributed by atoms with Gasteiger partial charge in [-0.25, -0.2) is 4.39 Å². The predicted molar refractivity (Wildman–Crippen MR) is 60.3 cm³/mol. The Morgan fingerprint density at radius 1 is 1.05 bits per heavy atom. The van der Waals surface area contributed by atoms with E-state index >= 15 is 0 Å². The number of rotatable bonds is 4. The first-order valence-electron chi connectivity index (χ1n) is 5.32. The molecule has 1 aromatic rings. The van der Waals surface area contributed by atoms with E-state index in [1.165, 1.54) is 24.3 Å². The molecule has 0 nitrogen and oxygen atoms in total. The summed E-state index contributed by atoms with van der Waals surface area (Å²) in [4.78, 5) is 0. The molecule has 1 rings (SSSR count). The monoisotopic (exact) mass is 338 g/mol. The summed E-state index contributed by atoms with van der Waals surface area (Å²) in [5.41, 5.74) is 0.170. The van der Waals surface area contributed by atoms with Gasteiger partial charge in [0.2, 0.25) is 0 Å². The lowest BCUT2D eigenvalue weighted by atomic mass is 10.1. The van der Waals surface area contributed by atoms with E-state index in [2.05, 4.69) is 0 Å². The summed E-state index contributed by atoms with van der Waals surface area (Å²) in [5.74, 6) is -15.3. The molecule has 0 aliphatic carbocycles. The van der Waals surface area contributed by atoms with Crippen molar-refractivity contribution < 1.29 is 35.1 Å². The predicted octanol–water partition coefficient (Wildman–Crippen LogP) is 5.57. The Labute approximate surface area is 119 Å². The molecule has 0 amide bonds. The van der Waals surface area contributed by atoms with Crippen molar-refractivity contribution in [2.24, 2.45) is 0 Å². The zero-order valence-electron chi connectivity index (χ0n) is 10.00. The van der Waals surface area contributed by atoms with E-state index in [1.807, 2.05) is 0 Å². The molecular weight excluding hydrogens is 332 g/mol. The fraction of sp³-hybridized carbons (Fsp3) is 0.333. The number of hydrogen-bond acceptors (Lipinski definition) is 0. The van der Waals surface area contributed by atoms with Gasteiger partial charge in [-0.3, -0.25) is 0 Å². The van der Waals surface area contributed by atoms with Crippen LogP contribution in [-0.2, 0) is 6.42 Å². The molecule has 0 unspecified atom stereocenters. The number of halogens is 9. The molecule has 0 saturated carbocycles. The SMILES string of the molecule is F/C(=C\Cc1cccc(Cl)c1)C(F)(F)C(F)(F)C(F)(F)F. The van der Waals surface area contributed by atoms with E-state index in [0.29, 0.717) is 0 Å². The lowest BCUT2D eigenvalue weighted by molar-refractivity contribution is -0.347. The van der Waals surface area contributed by atoms with Crippen LogP contribution < -0.4 is 0 Å². The van der Waals surface area contributed by atoms with E-state index in [4.69, 9.17) is 11.6 Å². The Kier molecular flexibility index (Phi) is 4.92. The van der Waals surface area contributed by atoms with Crippen molar-refractivity contribution in [1.29, 1.82) is 0 Å². The molecule has 0 aliphatic heterocycles. The molecule has 1 aromatic carbocycles. The van der Waals surface area contributed by atoms with Crippen molar-refractivity contribution in [3.63, 3.8) is 0 Å². The molecule has 118 valence electrons. The number of alkyl halides is 7. The highest BCUT2D eigenvalue weighted by Crippen LogP contribution is 2.50. The zero-order chi connectivity index (χ0) is 16.5. The third-order valence-electron chi connectivity index (χ3n) is 2.46. The van der Waals surface area contributed by atoms with Crippen LogP contribution in [0.25, 0.3) is 0 Å². The van der Waals surface area contributed by atoms with E-state index in [0.717, 1.165) is 0 Å². The fourth-order valence-corrected chi connectivity index (χ4v) is 1.54. The van der Waals surface area contributed by atoms with Crippen molar-refractivity contribution in [2.45, 2.75) is 24.4 Å². The maximum absolute atomic E-state index is 13.1. The van der Waals surface area contributed by atoms with Crippen molar-refractivity contribution in [3.05, 3.63) is 46.8 Å². The summed E-state index contributed by atoms with van der Waals surface area (Å²) in [7, 11) is 0. The minimum Gasteiger partial charge on any atom is -0.205 e. The largest absolute Gasteiger partial charge is 0.460 e. The van der Waals surface area contributed by atoms with Crippen LogP contribution in [-0.4, -0.2) is 18.0 Å². The molecule has 0 spiro atoms. The summed E-state index contributed by atoms with van der Waals surface area (Å²) in [6.07, 6.45) is -7.22. The molecule has 0 N–H and O–H groups in total. The van der Waals surface area contributed by atoms with Gasteiger partial charge in [0.25, 0.3) is 0 Å². The van der Waals surface area contributed by atoms with Crippen LogP contribution in [0.5, 0.6) is 0 Å². The van der Waals surface area contributed by atoms with Crippen molar-refractivity contribution in [3.8, 4) is 0 Å². The highest BCUT2D eigenvalue weighted by atomic mass is 35.5. The second-order valence-corrected chi connectivity index (χ2v) is 4.47. The Bertz CT molecular complexity index is 532. The summed E-state index contributed by atoms with van der Waals surface area (Å²) >= 11 is 5.55. The zero-order valence-corrected chi connectivity index (χ0v) is 10.8. The highest BCUT2D eigenvalue weighted by Gasteiger charge is 2.74. The van der Waals surface area contributed by atoms with E-state index in [1.54, 1.807) is 0 Å². The van der Waals surface area contributed by atoms with Crippen LogP contribution in [0.1, 0.15) is 5.56 Å². The summed E-state index contributed by atoms with van der Waals surface area (Å²) < 4.78 is 99.7. The Morgan fingerprint density at radius 2 is 1.62 bits per heavy atom. The quantitative estimate of drug-likeness (QED) is 0.630. The molecule has 0 saturated heterocycles. The van der Waals surface area contributed by atoms with Gasteiger partial charge in [-0.2, -0.15) is 30.7 Å². The number of hydrogen-bond donors (Lipinski definition) is 0. The smallest absolute Gasteiger partial charge is 0.205 e. The van der Waals surface area contributed by atoms with Gasteiger partial charge >= 0.3 is 18.0 Å². The molecule has 0 bridgehead atoms. The van der Waals surface area contributed by atoms with Gasteiger partial charge in [0, 0.05) is 5.02 Å².